The van der Waals surface area contributed by atoms with Gasteiger partial charge in [0.2, 0.25) is 0 Å². The second kappa shape index (κ2) is 7.76. The number of benzene rings is 2. The van der Waals surface area contributed by atoms with Crippen LogP contribution in [0.1, 0.15) is 40.7 Å². The van der Waals surface area contributed by atoms with Crippen LogP contribution in [0.3, 0.4) is 0 Å². The highest BCUT2D eigenvalue weighted by Gasteiger charge is 2.23. The summed E-state index contributed by atoms with van der Waals surface area (Å²) in [5.41, 5.74) is 1.92. The summed E-state index contributed by atoms with van der Waals surface area (Å²) < 4.78 is 20.3. The summed E-state index contributed by atoms with van der Waals surface area (Å²) in [6.45, 7) is 4.70. The van der Waals surface area contributed by atoms with Gasteiger partial charge in [0.25, 0.3) is 0 Å². The van der Waals surface area contributed by atoms with Gasteiger partial charge in [-0.15, -0.1) is 11.3 Å². The third kappa shape index (κ3) is 3.72. The van der Waals surface area contributed by atoms with Gasteiger partial charge in [0, 0.05) is 21.2 Å². The first kappa shape index (κ1) is 17.6. The normalized spacial score (nSPS) is 12.3. The molecule has 3 rings (SSSR count). The second-order valence-electron chi connectivity index (χ2n) is 5.88. The molecule has 0 radical (unpaired) electrons. The van der Waals surface area contributed by atoms with E-state index in [2.05, 4.69) is 24.4 Å². The molecule has 0 saturated heterocycles. The molecule has 0 aliphatic heterocycles. The van der Waals surface area contributed by atoms with Crippen LogP contribution < -0.4 is 5.32 Å². The van der Waals surface area contributed by atoms with Crippen molar-refractivity contribution in [2.45, 2.75) is 26.4 Å². The van der Waals surface area contributed by atoms with Crippen LogP contribution in [-0.2, 0) is 11.3 Å². The Bertz CT molecular complexity index is 876. The van der Waals surface area contributed by atoms with Gasteiger partial charge in [0.15, 0.2) is 0 Å². The van der Waals surface area contributed by atoms with Gasteiger partial charge in [0.05, 0.1) is 6.61 Å². The largest absolute Gasteiger partial charge is 0.462 e. The van der Waals surface area contributed by atoms with Crippen LogP contribution in [0, 0.1) is 5.82 Å². The van der Waals surface area contributed by atoms with Gasteiger partial charge < -0.3 is 10.1 Å². The second-order valence-corrected chi connectivity index (χ2v) is 6.93. The van der Waals surface area contributed by atoms with Crippen LogP contribution in [0.15, 0.2) is 48.5 Å². The Morgan fingerprint density at radius 2 is 1.96 bits per heavy atom. The zero-order valence-corrected chi connectivity index (χ0v) is 15.1. The Morgan fingerprint density at radius 3 is 2.68 bits per heavy atom. The fourth-order valence-electron chi connectivity index (χ4n) is 2.91. The van der Waals surface area contributed by atoms with Crippen molar-refractivity contribution in [1.29, 1.82) is 0 Å². The van der Waals surface area contributed by atoms with Gasteiger partial charge in [-0.05, 0) is 26.0 Å². The van der Waals surface area contributed by atoms with E-state index in [0.29, 0.717) is 23.4 Å². The summed E-state index contributed by atoms with van der Waals surface area (Å²) in [6, 6.07) is 15.3. The number of thiophene rings is 1. The molecule has 0 fully saturated rings. The zero-order valence-electron chi connectivity index (χ0n) is 14.3. The predicted octanol–water partition coefficient (Wildman–Crippen LogP) is 4.04. The fraction of sp³-hybridized carbons (Fsp3) is 0.250. The van der Waals surface area contributed by atoms with E-state index in [0.717, 1.165) is 10.3 Å². The number of hydrogen-bond donors (Lipinski definition) is 1. The number of hydrogen-bond acceptors (Lipinski definition) is 3. The zero-order chi connectivity index (χ0) is 17.8. The molecule has 1 aromatic heterocycles. The van der Waals surface area contributed by atoms with E-state index in [9.17, 15) is 9.18 Å². The molecule has 1 atom stereocenters. The van der Waals surface area contributed by atoms with Crippen LogP contribution >= 0.6 is 11.3 Å². The molecule has 2 N–H and O–H groups in total. The smallest absolute Gasteiger partial charge is 0.348 e. The number of rotatable bonds is 6. The first-order chi connectivity index (χ1) is 12.1. The van der Waals surface area contributed by atoms with Crippen molar-refractivity contribution in [3.05, 3.63) is 70.4 Å². The Hall–Kier alpha value is -2.24. The molecule has 0 saturated carbocycles. The topological polar surface area (TPSA) is 42.9 Å². The third-order valence-corrected chi connectivity index (χ3v) is 5.40. The summed E-state index contributed by atoms with van der Waals surface area (Å²) in [5.74, 6) is -0.668. The quantitative estimate of drug-likeness (QED) is 0.676. The van der Waals surface area contributed by atoms with E-state index in [-0.39, 0.29) is 17.8 Å². The summed E-state index contributed by atoms with van der Waals surface area (Å²) in [5, 5.41) is 2.65. The van der Waals surface area contributed by atoms with Crippen molar-refractivity contribution in [2.75, 3.05) is 6.61 Å². The van der Waals surface area contributed by atoms with Crippen LogP contribution in [0.25, 0.3) is 10.1 Å². The fourth-order valence-corrected chi connectivity index (χ4v) is 4.05. The van der Waals surface area contributed by atoms with Gasteiger partial charge in [0.1, 0.15) is 23.3 Å². The van der Waals surface area contributed by atoms with Crippen LogP contribution in [0.2, 0.25) is 0 Å². The molecule has 1 heterocycles. The highest BCUT2D eigenvalue weighted by molar-refractivity contribution is 7.21. The average molecular weight is 358 g/mol. The Balaban J connectivity index is 1.93. The van der Waals surface area contributed by atoms with Gasteiger partial charge >= 0.3 is 5.97 Å². The molecular weight excluding hydrogens is 337 g/mol. The van der Waals surface area contributed by atoms with Crippen LogP contribution in [0.5, 0.6) is 0 Å². The Kier molecular flexibility index (Phi) is 5.46. The number of quaternary nitrogens is 1. The van der Waals surface area contributed by atoms with E-state index in [1.807, 2.05) is 24.3 Å². The molecule has 0 unspecified atom stereocenters. The highest BCUT2D eigenvalue weighted by Crippen LogP contribution is 2.33. The monoisotopic (exact) mass is 358 g/mol. The lowest BCUT2D eigenvalue weighted by molar-refractivity contribution is -0.707. The van der Waals surface area contributed by atoms with E-state index >= 15 is 0 Å². The SMILES string of the molecule is CCOC(=O)c1sc2cccc(F)c2c1C[NH2+][C@H](C)c1ccccc1. The lowest BCUT2D eigenvalue weighted by atomic mass is 10.1. The number of esters is 1. The first-order valence-electron chi connectivity index (χ1n) is 8.37. The summed E-state index contributed by atoms with van der Waals surface area (Å²) in [7, 11) is 0. The Morgan fingerprint density at radius 1 is 1.20 bits per heavy atom. The average Bonchev–Trinajstić information content (AvgIpc) is 3.01. The molecule has 3 nitrogen and oxygen atoms in total. The van der Waals surface area contributed by atoms with Crippen molar-refractivity contribution >= 4 is 27.4 Å². The van der Waals surface area contributed by atoms with Gasteiger partial charge in [-0.1, -0.05) is 36.4 Å². The minimum absolute atomic E-state index is 0.206. The molecule has 5 heteroatoms. The maximum atomic E-state index is 14.4. The van der Waals surface area contributed by atoms with E-state index in [4.69, 9.17) is 4.74 Å². The molecule has 0 amide bonds. The van der Waals surface area contributed by atoms with Crippen LogP contribution in [0.4, 0.5) is 4.39 Å². The molecule has 0 bridgehead atoms. The third-order valence-electron chi connectivity index (χ3n) is 4.22. The molecule has 0 spiro atoms. The molecule has 0 aliphatic carbocycles. The molecule has 25 heavy (non-hydrogen) atoms. The summed E-state index contributed by atoms with van der Waals surface area (Å²) in [4.78, 5) is 12.8. The predicted molar refractivity (Wildman–Crippen MR) is 98.2 cm³/mol. The first-order valence-corrected chi connectivity index (χ1v) is 9.18. The van der Waals surface area contributed by atoms with Crippen molar-refractivity contribution in [1.82, 2.24) is 0 Å². The van der Waals surface area contributed by atoms with Gasteiger partial charge in [-0.25, -0.2) is 9.18 Å². The molecule has 0 aliphatic rings. The lowest BCUT2D eigenvalue weighted by Crippen LogP contribution is -2.83. The number of carbonyl (C=O) groups excluding carboxylic acids is 1. The number of carbonyl (C=O) groups is 1. The number of ether oxygens (including phenoxy) is 1. The maximum Gasteiger partial charge on any atom is 0.348 e. The lowest BCUT2D eigenvalue weighted by Gasteiger charge is -2.12. The number of fused-ring (bicyclic) bond motifs is 1. The Labute approximate surface area is 150 Å². The van der Waals surface area contributed by atoms with Crippen LogP contribution in [-0.4, -0.2) is 12.6 Å². The van der Waals surface area contributed by atoms with Gasteiger partial charge in [-0.3, -0.25) is 0 Å². The van der Waals surface area contributed by atoms with E-state index < -0.39 is 0 Å². The van der Waals surface area contributed by atoms with E-state index in [1.165, 1.54) is 23.0 Å². The molecule has 3 aromatic rings. The summed E-state index contributed by atoms with van der Waals surface area (Å²) in [6.07, 6.45) is 0. The van der Waals surface area contributed by atoms with E-state index in [1.54, 1.807) is 13.0 Å². The molecule has 2 aromatic carbocycles. The standard InChI is InChI=1S/C20H20FNO2S/c1-3-24-20(23)19-15(18-16(21)10-7-11-17(18)25-19)12-22-13(2)14-8-5-4-6-9-14/h4-11,13,22H,3,12H2,1-2H3/p+1/t13-/m1/s1. The summed E-state index contributed by atoms with van der Waals surface area (Å²) >= 11 is 1.30. The van der Waals surface area contributed by atoms with Crippen molar-refractivity contribution in [2.24, 2.45) is 0 Å². The maximum absolute atomic E-state index is 14.4. The number of halogens is 1. The van der Waals surface area contributed by atoms with Crippen molar-refractivity contribution in [3.63, 3.8) is 0 Å². The minimum Gasteiger partial charge on any atom is -0.462 e. The molecular formula is C20H21FNO2S+. The van der Waals surface area contributed by atoms with Gasteiger partial charge in [-0.2, -0.15) is 0 Å². The van der Waals surface area contributed by atoms with Crippen molar-refractivity contribution < 1.29 is 19.2 Å². The minimum atomic E-state index is -0.376. The van der Waals surface area contributed by atoms with Crippen molar-refractivity contribution in [3.8, 4) is 0 Å². The highest BCUT2D eigenvalue weighted by atomic mass is 32.1. The number of nitrogens with two attached hydrogens (primary N) is 1. The molecule has 130 valence electrons.